The Bertz CT molecular complexity index is 520. The molecule has 1 aliphatic carbocycles. The second-order valence-electron chi connectivity index (χ2n) is 6.93. The highest BCUT2D eigenvalue weighted by molar-refractivity contribution is 7.98. The molecule has 2 aliphatic rings. The van der Waals surface area contributed by atoms with Crippen LogP contribution >= 0.6 is 11.8 Å². The molecule has 0 bridgehead atoms. The second kappa shape index (κ2) is 9.02. The maximum atomic E-state index is 9.28. The van der Waals surface area contributed by atoms with E-state index in [4.69, 9.17) is 4.98 Å². The first-order valence-corrected chi connectivity index (χ1v) is 10.6. The van der Waals surface area contributed by atoms with Gasteiger partial charge in [-0.1, -0.05) is 0 Å². The van der Waals surface area contributed by atoms with Gasteiger partial charge in [0.25, 0.3) is 0 Å². The van der Waals surface area contributed by atoms with E-state index >= 15 is 0 Å². The largest absolute Gasteiger partial charge is 0.396 e. The van der Waals surface area contributed by atoms with Crippen molar-refractivity contribution in [2.45, 2.75) is 44.6 Å². The quantitative estimate of drug-likeness (QED) is 0.737. The first-order valence-electron chi connectivity index (χ1n) is 9.25. The van der Waals surface area contributed by atoms with Gasteiger partial charge in [-0.15, -0.1) is 0 Å². The summed E-state index contributed by atoms with van der Waals surface area (Å²) < 4.78 is 0. The molecule has 6 heteroatoms. The van der Waals surface area contributed by atoms with E-state index < -0.39 is 0 Å². The molecule has 0 aromatic carbocycles. The molecule has 0 unspecified atom stereocenters. The van der Waals surface area contributed by atoms with E-state index in [1.165, 1.54) is 36.3 Å². The third-order valence-electron chi connectivity index (χ3n) is 5.24. The lowest BCUT2D eigenvalue weighted by atomic mass is 9.92. The number of aliphatic hydroxyl groups excluding tert-OH is 1. The summed E-state index contributed by atoms with van der Waals surface area (Å²) in [5.41, 5.74) is 2.54. The Morgan fingerprint density at radius 3 is 2.92 bits per heavy atom. The summed E-state index contributed by atoms with van der Waals surface area (Å²) in [6.07, 6.45) is 11.0. The zero-order chi connectivity index (χ0) is 16.8. The Labute approximate surface area is 149 Å². The van der Waals surface area contributed by atoms with Crippen molar-refractivity contribution in [2.75, 3.05) is 43.1 Å². The van der Waals surface area contributed by atoms with Gasteiger partial charge in [0.05, 0.1) is 5.69 Å². The Kier molecular flexibility index (Phi) is 6.75. The molecule has 1 atom stereocenters. The highest BCUT2D eigenvalue weighted by atomic mass is 32.2. The summed E-state index contributed by atoms with van der Waals surface area (Å²) in [6, 6.07) is 0.421. The zero-order valence-electron chi connectivity index (χ0n) is 14.7. The maximum Gasteiger partial charge on any atom is 0.225 e. The monoisotopic (exact) mass is 350 g/mol. The van der Waals surface area contributed by atoms with Gasteiger partial charge >= 0.3 is 0 Å². The summed E-state index contributed by atoms with van der Waals surface area (Å²) in [5, 5.41) is 13.0. The second-order valence-corrected chi connectivity index (χ2v) is 7.92. The number of fused-ring (bicyclic) bond motifs is 1. The average Bonchev–Trinajstić information content (AvgIpc) is 2.65. The van der Waals surface area contributed by atoms with Gasteiger partial charge in [0.15, 0.2) is 0 Å². The van der Waals surface area contributed by atoms with Crippen molar-refractivity contribution in [2.24, 2.45) is 5.92 Å². The number of hydrogen-bond acceptors (Lipinski definition) is 6. The molecular weight excluding hydrogens is 320 g/mol. The van der Waals surface area contributed by atoms with Crippen LogP contribution in [0.4, 0.5) is 5.95 Å². The lowest BCUT2D eigenvalue weighted by Crippen LogP contribution is -2.36. The SMILES string of the molecule is CSCCCN[C@H]1CCCc2nc(N3CCC(CO)CC3)ncc21. The van der Waals surface area contributed by atoms with Crippen LogP contribution in [0.1, 0.15) is 49.4 Å². The van der Waals surface area contributed by atoms with Crippen LogP contribution in [0, 0.1) is 5.92 Å². The van der Waals surface area contributed by atoms with Crippen LogP contribution in [-0.2, 0) is 6.42 Å². The fraction of sp³-hybridized carbons (Fsp3) is 0.778. The number of hydrogen-bond donors (Lipinski definition) is 2. The Morgan fingerprint density at radius 2 is 2.17 bits per heavy atom. The van der Waals surface area contributed by atoms with Crippen LogP contribution in [0.2, 0.25) is 0 Å². The molecule has 1 saturated heterocycles. The molecule has 24 heavy (non-hydrogen) atoms. The number of piperidine rings is 1. The molecule has 5 nitrogen and oxygen atoms in total. The van der Waals surface area contributed by atoms with Crippen LogP contribution in [0.15, 0.2) is 6.20 Å². The highest BCUT2D eigenvalue weighted by Gasteiger charge is 2.25. The lowest BCUT2D eigenvalue weighted by molar-refractivity contribution is 0.202. The molecule has 2 heterocycles. The summed E-state index contributed by atoms with van der Waals surface area (Å²) in [4.78, 5) is 11.8. The summed E-state index contributed by atoms with van der Waals surface area (Å²) >= 11 is 1.91. The molecule has 0 radical (unpaired) electrons. The smallest absolute Gasteiger partial charge is 0.225 e. The minimum atomic E-state index is 0.308. The van der Waals surface area contributed by atoms with E-state index in [1.54, 1.807) is 0 Å². The number of aryl methyl sites for hydroxylation is 1. The van der Waals surface area contributed by atoms with E-state index in [2.05, 4.69) is 27.7 Å². The van der Waals surface area contributed by atoms with Crippen LogP contribution in [0.25, 0.3) is 0 Å². The molecule has 3 rings (SSSR count). The van der Waals surface area contributed by atoms with E-state index in [0.717, 1.165) is 44.8 Å². The average molecular weight is 351 g/mol. The van der Waals surface area contributed by atoms with Crippen LogP contribution in [-0.4, -0.2) is 53.3 Å². The topological polar surface area (TPSA) is 61.3 Å². The van der Waals surface area contributed by atoms with Crippen molar-refractivity contribution in [1.29, 1.82) is 0 Å². The summed E-state index contributed by atoms with van der Waals surface area (Å²) in [5.74, 6) is 2.55. The lowest BCUT2D eigenvalue weighted by Gasteiger charge is -2.32. The molecule has 2 N–H and O–H groups in total. The highest BCUT2D eigenvalue weighted by Crippen LogP contribution is 2.30. The van der Waals surface area contributed by atoms with Crippen molar-refractivity contribution < 1.29 is 5.11 Å². The fourth-order valence-electron chi connectivity index (χ4n) is 3.71. The number of nitrogens with one attached hydrogen (secondary N) is 1. The van der Waals surface area contributed by atoms with Gasteiger partial charge in [-0.2, -0.15) is 11.8 Å². The van der Waals surface area contributed by atoms with Gasteiger partial charge in [0.2, 0.25) is 5.95 Å². The van der Waals surface area contributed by atoms with Gasteiger partial charge < -0.3 is 15.3 Å². The Balaban J connectivity index is 1.62. The van der Waals surface area contributed by atoms with Gasteiger partial charge in [0.1, 0.15) is 0 Å². The minimum absolute atomic E-state index is 0.308. The van der Waals surface area contributed by atoms with Crippen molar-refractivity contribution in [3.63, 3.8) is 0 Å². The molecule has 0 amide bonds. The fourth-order valence-corrected chi connectivity index (χ4v) is 4.14. The molecule has 1 aromatic heterocycles. The third kappa shape index (κ3) is 4.41. The number of rotatable bonds is 7. The molecule has 0 saturated carbocycles. The number of aromatic nitrogens is 2. The molecular formula is C18H30N4OS. The van der Waals surface area contributed by atoms with Gasteiger partial charge in [-0.3, -0.25) is 0 Å². The van der Waals surface area contributed by atoms with E-state index in [1.807, 2.05) is 11.8 Å². The van der Waals surface area contributed by atoms with Crippen LogP contribution in [0.5, 0.6) is 0 Å². The molecule has 1 aromatic rings. The first-order chi connectivity index (χ1) is 11.8. The number of anilines is 1. The number of thioether (sulfide) groups is 1. The van der Waals surface area contributed by atoms with E-state index in [-0.39, 0.29) is 0 Å². The molecule has 1 fully saturated rings. The molecule has 1 aliphatic heterocycles. The summed E-state index contributed by atoms with van der Waals surface area (Å²) in [6.45, 7) is 3.30. The Hall–Kier alpha value is -0.850. The summed E-state index contributed by atoms with van der Waals surface area (Å²) in [7, 11) is 0. The van der Waals surface area contributed by atoms with Gasteiger partial charge in [-0.05, 0) is 63.0 Å². The minimum Gasteiger partial charge on any atom is -0.396 e. The normalized spacial score (nSPS) is 21.8. The maximum absolute atomic E-state index is 9.28. The van der Waals surface area contributed by atoms with Gasteiger partial charge in [0, 0.05) is 37.5 Å². The van der Waals surface area contributed by atoms with E-state index in [0.29, 0.717) is 18.6 Å². The van der Waals surface area contributed by atoms with Crippen LogP contribution in [0.3, 0.4) is 0 Å². The molecule has 0 spiro atoms. The zero-order valence-corrected chi connectivity index (χ0v) is 15.5. The van der Waals surface area contributed by atoms with Crippen molar-refractivity contribution in [1.82, 2.24) is 15.3 Å². The van der Waals surface area contributed by atoms with Crippen molar-refractivity contribution in [3.05, 3.63) is 17.5 Å². The van der Waals surface area contributed by atoms with Gasteiger partial charge in [-0.25, -0.2) is 9.97 Å². The predicted octanol–water partition coefficient (Wildman–Crippen LogP) is 2.41. The molecule has 134 valence electrons. The van der Waals surface area contributed by atoms with E-state index in [9.17, 15) is 5.11 Å². The third-order valence-corrected chi connectivity index (χ3v) is 5.94. The number of nitrogens with zero attached hydrogens (tertiary/aromatic N) is 3. The van der Waals surface area contributed by atoms with Crippen LogP contribution < -0.4 is 10.2 Å². The Morgan fingerprint density at radius 1 is 1.33 bits per heavy atom. The standard InChI is InChI=1S/C18H30N4OS/c1-24-11-3-8-19-16-4-2-5-17-15(16)12-20-18(21-17)22-9-6-14(13-23)7-10-22/h12,14,16,19,23H,2-11,13H2,1H3/t16-/m0/s1. The first kappa shape index (κ1) is 18.0. The van der Waals surface area contributed by atoms with Crippen molar-refractivity contribution >= 4 is 17.7 Å². The van der Waals surface area contributed by atoms with Crippen molar-refractivity contribution in [3.8, 4) is 0 Å². The predicted molar refractivity (Wildman–Crippen MR) is 101 cm³/mol. The number of aliphatic hydroxyl groups is 1.